The molecule has 3 rings (SSSR count). The molecule has 0 aliphatic carbocycles. The largest absolute Gasteiger partial charge is 0.323 e. The lowest BCUT2D eigenvalue weighted by molar-refractivity contribution is -0.116. The molecule has 1 heterocycles. The van der Waals surface area contributed by atoms with Crippen LogP contribution in [0.25, 0.3) is 0 Å². The van der Waals surface area contributed by atoms with Gasteiger partial charge in [-0.15, -0.1) is 0 Å². The SMILES string of the molecule is Cc1cccc(C(N)c2cc(F)c3c(c2)C(C)C(=O)N3)c1. The minimum atomic E-state index is -0.427. The highest BCUT2D eigenvalue weighted by Crippen LogP contribution is 2.37. The fraction of sp³-hybridized carbons (Fsp3) is 0.235. The molecule has 3 nitrogen and oxygen atoms in total. The van der Waals surface area contributed by atoms with Crippen LogP contribution >= 0.6 is 0 Å². The van der Waals surface area contributed by atoms with Crippen molar-refractivity contribution in [2.24, 2.45) is 5.73 Å². The zero-order chi connectivity index (χ0) is 15.1. The predicted octanol–water partition coefficient (Wildman–Crippen LogP) is 3.24. The van der Waals surface area contributed by atoms with Crippen molar-refractivity contribution in [3.63, 3.8) is 0 Å². The summed E-state index contributed by atoms with van der Waals surface area (Å²) in [6.45, 7) is 3.76. The summed E-state index contributed by atoms with van der Waals surface area (Å²) in [6.07, 6.45) is 0. The maximum atomic E-state index is 14.2. The van der Waals surface area contributed by atoms with Crippen molar-refractivity contribution in [3.05, 3.63) is 64.5 Å². The monoisotopic (exact) mass is 284 g/mol. The first kappa shape index (κ1) is 13.8. The summed E-state index contributed by atoms with van der Waals surface area (Å²) in [5, 5.41) is 2.58. The molecule has 0 aromatic heterocycles. The molecule has 2 atom stereocenters. The van der Waals surface area contributed by atoms with E-state index in [1.165, 1.54) is 6.07 Å². The number of nitrogens with two attached hydrogens (primary N) is 1. The fourth-order valence-corrected chi connectivity index (χ4v) is 2.73. The second-order valence-corrected chi connectivity index (χ2v) is 5.57. The fourth-order valence-electron chi connectivity index (χ4n) is 2.73. The molecule has 21 heavy (non-hydrogen) atoms. The summed E-state index contributed by atoms with van der Waals surface area (Å²) in [7, 11) is 0. The van der Waals surface area contributed by atoms with Crippen molar-refractivity contribution in [1.82, 2.24) is 0 Å². The van der Waals surface area contributed by atoms with Gasteiger partial charge in [0.15, 0.2) is 0 Å². The van der Waals surface area contributed by atoms with Gasteiger partial charge in [0.2, 0.25) is 5.91 Å². The van der Waals surface area contributed by atoms with Gasteiger partial charge in [-0.2, -0.15) is 0 Å². The van der Waals surface area contributed by atoms with Crippen molar-refractivity contribution in [2.75, 3.05) is 5.32 Å². The standard InChI is InChI=1S/C17H17FN2O/c1-9-4-3-5-11(6-9)15(19)12-7-13-10(2)17(21)20-16(13)14(18)8-12/h3-8,10,15H,19H2,1-2H3,(H,20,21). The lowest BCUT2D eigenvalue weighted by Gasteiger charge is -2.15. The van der Waals surface area contributed by atoms with Gasteiger partial charge in [0.05, 0.1) is 17.6 Å². The van der Waals surface area contributed by atoms with Gasteiger partial charge in [0.25, 0.3) is 0 Å². The maximum Gasteiger partial charge on any atom is 0.231 e. The van der Waals surface area contributed by atoms with E-state index in [-0.39, 0.29) is 17.5 Å². The van der Waals surface area contributed by atoms with E-state index >= 15 is 0 Å². The first-order chi connectivity index (χ1) is 9.97. The van der Waals surface area contributed by atoms with E-state index in [2.05, 4.69) is 5.32 Å². The molecule has 1 amide bonds. The molecule has 2 unspecified atom stereocenters. The molecule has 108 valence electrons. The second kappa shape index (κ2) is 4.97. The number of carbonyl (C=O) groups is 1. The van der Waals surface area contributed by atoms with E-state index in [9.17, 15) is 9.18 Å². The highest BCUT2D eigenvalue weighted by atomic mass is 19.1. The Morgan fingerprint density at radius 1 is 1.24 bits per heavy atom. The van der Waals surface area contributed by atoms with Crippen LogP contribution in [0.3, 0.4) is 0 Å². The van der Waals surface area contributed by atoms with Crippen molar-refractivity contribution < 1.29 is 9.18 Å². The van der Waals surface area contributed by atoms with Crippen LogP contribution < -0.4 is 11.1 Å². The number of halogens is 1. The number of hydrogen-bond acceptors (Lipinski definition) is 2. The molecule has 0 fully saturated rings. The summed E-state index contributed by atoms with van der Waals surface area (Å²) in [6, 6.07) is 10.7. The van der Waals surface area contributed by atoms with Gasteiger partial charge < -0.3 is 11.1 Å². The van der Waals surface area contributed by atoms with Crippen molar-refractivity contribution in [3.8, 4) is 0 Å². The highest BCUT2D eigenvalue weighted by Gasteiger charge is 2.30. The Hall–Kier alpha value is -2.20. The Balaban J connectivity index is 2.05. The van der Waals surface area contributed by atoms with Crippen LogP contribution in [0.1, 0.15) is 41.1 Å². The summed E-state index contributed by atoms with van der Waals surface area (Å²) < 4.78 is 14.2. The number of amides is 1. The average molecular weight is 284 g/mol. The van der Waals surface area contributed by atoms with Crippen molar-refractivity contribution >= 4 is 11.6 Å². The molecule has 4 heteroatoms. The zero-order valence-electron chi connectivity index (χ0n) is 12.0. The Kier molecular flexibility index (Phi) is 3.26. The van der Waals surface area contributed by atoms with Crippen LogP contribution in [0.4, 0.5) is 10.1 Å². The summed E-state index contributed by atoms with van der Waals surface area (Å²) in [5.41, 5.74) is 9.94. The molecule has 1 aliphatic rings. The Bertz CT molecular complexity index is 727. The lowest BCUT2D eigenvalue weighted by atomic mass is 9.93. The molecular formula is C17H17FN2O. The number of aryl methyl sites for hydroxylation is 1. The third-order valence-corrected chi connectivity index (χ3v) is 4.01. The van der Waals surface area contributed by atoms with Crippen LogP contribution in [0.2, 0.25) is 0 Å². The second-order valence-electron chi connectivity index (χ2n) is 5.57. The minimum absolute atomic E-state index is 0.176. The highest BCUT2D eigenvalue weighted by molar-refractivity contribution is 6.02. The minimum Gasteiger partial charge on any atom is -0.323 e. The van der Waals surface area contributed by atoms with Gasteiger partial charge in [0.1, 0.15) is 5.82 Å². The van der Waals surface area contributed by atoms with Crippen LogP contribution in [-0.2, 0) is 4.79 Å². The van der Waals surface area contributed by atoms with Crippen molar-refractivity contribution in [2.45, 2.75) is 25.8 Å². The number of fused-ring (bicyclic) bond motifs is 1. The Morgan fingerprint density at radius 3 is 2.71 bits per heavy atom. The van der Waals surface area contributed by atoms with E-state index in [1.54, 1.807) is 6.92 Å². The number of hydrogen-bond donors (Lipinski definition) is 2. The average Bonchev–Trinajstić information content (AvgIpc) is 2.75. The van der Waals surface area contributed by atoms with Crippen LogP contribution in [0.15, 0.2) is 36.4 Å². The van der Waals surface area contributed by atoms with Gasteiger partial charge >= 0.3 is 0 Å². The Labute approximate surface area is 123 Å². The third-order valence-electron chi connectivity index (χ3n) is 4.01. The van der Waals surface area contributed by atoms with E-state index in [4.69, 9.17) is 5.73 Å². The van der Waals surface area contributed by atoms with Gasteiger partial charge in [-0.25, -0.2) is 4.39 Å². The predicted molar refractivity (Wildman–Crippen MR) is 80.7 cm³/mol. The van der Waals surface area contributed by atoms with E-state index < -0.39 is 11.9 Å². The molecule has 0 radical (unpaired) electrons. The molecule has 0 saturated heterocycles. The Morgan fingerprint density at radius 2 is 2.00 bits per heavy atom. The number of nitrogens with one attached hydrogen (secondary N) is 1. The number of benzene rings is 2. The molecule has 0 spiro atoms. The van der Waals surface area contributed by atoms with Crippen LogP contribution in [-0.4, -0.2) is 5.91 Å². The summed E-state index contributed by atoms with van der Waals surface area (Å²) in [5.74, 6) is -0.951. The smallest absolute Gasteiger partial charge is 0.231 e. The molecule has 3 N–H and O–H groups in total. The first-order valence-electron chi connectivity index (χ1n) is 6.93. The topological polar surface area (TPSA) is 55.1 Å². The summed E-state index contributed by atoms with van der Waals surface area (Å²) in [4.78, 5) is 11.7. The lowest BCUT2D eigenvalue weighted by Crippen LogP contribution is -2.13. The number of rotatable bonds is 2. The van der Waals surface area contributed by atoms with Crippen LogP contribution in [0, 0.1) is 12.7 Å². The molecule has 0 saturated carbocycles. The molecule has 2 aromatic carbocycles. The van der Waals surface area contributed by atoms with E-state index in [0.29, 0.717) is 11.1 Å². The number of carbonyl (C=O) groups excluding carboxylic acids is 1. The van der Waals surface area contributed by atoms with Gasteiger partial charge in [-0.3, -0.25) is 4.79 Å². The quantitative estimate of drug-likeness (QED) is 0.889. The van der Waals surface area contributed by atoms with Gasteiger partial charge in [0, 0.05) is 0 Å². The van der Waals surface area contributed by atoms with Crippen LogP contribution in [0.5, 0.6) is 0 Å². The molecular weight excluding hydrogens is 267 g/mol. The normalized spacial score (nSPS) is 18.3. The van der Waals surface area contributed by atoms with E-state index in [1.807, 2.05) is 37.3 Å². The summed E-state index contributed by atoms with van der Waals surface area (Å²) >= 11 is 0. The van der Waals surface area contributed by atoms with E-state index in [0.717, 1.165) is 11.1 Å². The maximum absolute atomic E-state index is 14.2. The molecule has 2 aromatic rings. The van der Waals surface area contributed by atoms with Gasteiger partial charge in [-0.1, -0.05) is 35.9 Å². The van der Waals surface area contributed by atoms with Crippen molar-refractivity contribution in [1.29, 1.82) is 0 Å². The number of anilines is 1. The first-order valence-corrected chi connectivity index (χ1v) is 6.93. The zero-order valence-corrected chi connectivity index (χ0v) is 12.0. The molecule has 0 bridgehead atoms. The third kappa shape index (κ3) is 2.32. The van der Waals surface area contributed by atoms with Gasteiger partial charge in [-0.05, 0) is 36.6 Å². The molecule has 1 aliphatic heterocycles.